The van der Waals surface area contributed by atoms with Gasteiger partial charge in [-0.15, -0.1) is 0 Å². The van der Waals surface area contributed by atoms with Crippen molar-refractivity contribution in [3.8, 4) is 11.8 Å². The first-order valence-electron chi connectivity index (χ1n) is 37.6. The molecule has 9 saturated carbocycles. The second-order valence-electron chi connectivity index (χ2n) is 35.4. The number of ketones is 1. The number of cyclic esters (lactones) is 1. The number of hydrogen-bond donors (Lipinski definition) is 4. The predicted octanol–water partition coefficient (Wildman–Crippen LogP) is 10.3. The summed E-state index contributed by atoms with van der Waals surface area (Å²) in [5.41, 5.74) is -5.28. The number of esters is 2. The lowest BCUT2D eigenvalue weighted by molar-refractivity contribution is -0.315. The molecule has 2 aromatic rings. The first-order chi connectivity index (χ1) is 45.8. The Morgan fingerprint density at radius 1 is 0.904 bits per heavy atom. The minimum Gasteiger partial charge on any atom is -0.469 e. The number of aliphatic hydroxyl groups is 3. The number of carbonyl (C=O) groups is 3. The van der Waals surface area contributed by atoms with Crippen molar-refractivity contribution in [3.05, 3.63) is 119 Å². The average Bonchev–Trinajstić information content (AvgIpc) is 1.40. The number of fused-ring (bicyclic) bond motifs is 7. The lowest BCUT2D eigenvalue weighted by atomic mass is 9.28. The summed E-state index contributed by atoms with van der Waals surface area (Å²) in [6, 6.07) is 13.2. The molecule has 13 heteroatoms. The molecular formula is C81H92N2O11. The number of hydrogen-bond acceptors (Lipinski definition) is 13. The van der Waals surface area contributed by atoms with Crippen LogP contribution < -0.4 is 5.32 Å². The Morgan fingerprint density at radius 3 is 2.70 bits per heavy atom. The third-order valence-electron chi connectivity index (χ3n) is 33.5. The first kappa shape index (κ1) is 56.9. The Labute approximate surface area is 551 Å². The molecule has 5 saturated heterocycles. The topological polar surface area (TPSA) is 181 Å². The average molecular weight is 1270 g/mol. The molecule has 1 aromatic carbocycles. The monoisotopic (exact) mass is 1270 g/mol. The Balaban J connectivity index is 0.778. The molecule has 31 unspecified atom stereocenters. The summed E-state index contributed by atoms with van der Waals surface area (Å²) in [5.74, 6) is 6.96. The van der Waals surface area contributed by atoms with Crippen LogP contribution in [0.25, 0.3) is 0 Å². The van der Waals surface area contributed by atoms with E-state index in [9.17, 15) is 10.2 Å². The molecule has 8 heterocycles. The molecule has 13 aliphatic carbocycles. The summed E-state index contributed by atoms with van der Waals surface area (Å²) in [6.45, 7) is 3.75. The van der Waals surface area contributed by atoms with Crippen LogP contribution in [-0.4, -0.2) is 106 Å². The van der Waals surface area contributed by atoms with Crippen molar-refractivity contribution in [1.82, 2.24) is 10.2 Å². The van der Waals surface area contributed by atoms with Crippen molar-refractivity contribution < 1.29 is 53.1 Å². The molecule has 20 aliphatic rings. The maximum Gasteiger partial charge on any atom is 0.339 e. The number of aliphatic hydroxyl groups excluding tert-OH is 3. The van der Waals surface area contributed by atoms with E-state index >= 15 is 19.5 Å². The van der Waals surface area contributed by atoms with Crippen molar-refractivity contribution >= 4 is 17.7 Å². The van der Waals surface area contributed by atoms with Gasteiger partial charge in [-0.2, -0.15) is 0 Å². The first-order valence-corrected chi connectivity index (χ1v) is 37.6. The summed E-state index contributed by atoms with van der Waals surface area (Å²) in [6.07, 6.45) is 34.8. The third-order valence-corrected chi connectivity index (χ3v) is 33.5. The Morgan fingerprint density at radius 2 is 1.81 bits per heavy atom. The maximum absolute atomic E-state index is 18.4. The van der Waals surface area contributed by atoms with E-state index in [0.29, 0.717) is 72.6 Å². The van der Waals surface area contributed by atoms with Crippen LogP contribution in [0.15, 0.2) is 107 Å². The smallest absolute Gasteiger partial charge is 0.339 e. The Hall–Kier alpha value is -5.07. The van der Waals surface area contributed by atoms with Crippen LogP contribution >= 0.6 is 0 Å². The van der Waals surface area contributed by atoms with E-state index < -0.39 is 98.6 Å². The zero-order chi connectivity index (χ0) is 62.6. The van der Waals surface area contributed by atoms with Gasteiger partial charge in [0.1, 0.15) is 29.7 Å². The predicted molar refractivity (Wildman–Crippen MR) is 343 cm³/mol. The third kappa shape index (κ3) is 6.12. The van der Waals surface area contributed by atoms with Crippen LogP contribution in [0.1, 0.15) is 139 Å². The lowest BCUT2D eigenvalue weighted by Crippen LogP contribution is -2.84. The Kier molecular flexibility index (Phi) is 11.3. The van der Waals surface area contributed by atoms with E-state index in [2.05, 4.69) is 108 Å². The molecule has 7 spiro atoms. The summed E-state index contributed by atoms with van der Waals surface area (Å²) < 4.78 is 38.5. The second-order valence-corrected chi connectivity index (χ2v) is 35.4. The van der Waals surface area contributed by atoms with Gasteiger partial charge in [0.2, 0.25) is 0 Å². The number of carbonyl (C=O) groups excluding carboxylic acids is 3. The van der Waals surface area contributed by atoms with Crippen LogP contribution in [0, 0.1) is 145 Å². The van der Waals surface area contributed by atoms with Crippen molar-refractivity contribution in [2.24, 2.45) is 134 Å². The molecule has 4 N–H and O–H groups in total. The number of benzene rings is 1. The maximum atomic E-state index is 18.4. The van der Waals surface area contributed by atoms with E-state index in [1.54, 1.807) is 6.26 Å². The molecule has 13 nitrogen and oxygen atoms in total. The van der Waals surface area contributed by atoms with Crippen molar-refractivity contribution in [2.45, 2.75) is 182 Å². The molecular weight excluding hydrogens is 1180 g/mol. The number of epoxide rings is 1. The minimum absolute atomic E-state index is 0.0152. The highest BCUT2D eigenvalue weighted by Gasteiger charge is 3.01. The number of nitrogens with zero attached hydrogens (tertiary/aromatic N) is 1. The molecule has 31 atom stereocenters. The van der Waals surface area contributed by atoms with Crippen molar-refractivity contribution in [1.29, 1.82) is 0 Å². The minimum atomic E-state index is -1.60. The highest BCUT2D eigenvalue weighted by Crippen LogP contribution is 2.93. The fourth-order valence-electron chi connectivity index (χ4n) is 31.0. The van der Waals surface area contributed by atoms with Gasteiger partial charge in [0, 0.05) is 58.6 Å². The zero-order valence-electron chi connectivity index (χ0n) is 54.4. The van der Waals surface area contributed by atoms with Crippen molar-refractivity contribution in [3.63, 3.8) is 0 Å². The van der Waals surface area contributed by atoms with Gasteiger partial charge >= 0.3 is 11.9 Å². The van der Waals surface area contributed by atoms with Crippen LogP contribution in [0.4, 0.5) is 0 Å². The number of allylic oxidation sites excluding steroid dienone is 6. The molecule has 0 amide bonds. The van der Waals surface area contributed by atoms with Crippen LogP contribution in [0.5, 0.6) is 0 Å². The molecule has 492 valence electrons. The van der Waals surface area contributed by atoms with Gasteiger partial charge in [-0.25, -0.2) is 4.79 Å². The van der Waals surface area contributed by atoms with Gasteiger partial charge in [0.15, 0.2) is 17.5 Å². The molecule has 0 radical (unpaired) electrons. The van der Waals surface area contributed by atoms with Gasteiger partial charge in [0.05, 0.1) is 54.9 Å². The van der Waals surface area contributed by atoms with E-state index in [-0.39, 0.29) is 83.5 Å². The van der Waals surface area contributed by atoms with Crippen LogP contribution in [-0.2, 0) is 51.8 Å². The number of ether oxygens (including phenoxy) is 4. The number of furan rings is 1. The molecule has 1 aromatic heterocycles. The second kappa shape index (κ2) is 18.6. The number of nitrogens with one attached hydrogen (secondary N) is 1. The van der Waals surface area contributed by atoms with E-state index in [1.807, 2.05) is 6.07 Å². The quantitative estimate of drug-likeness (QED) is 0.0850. The highest BCUT2D eigenvalue weighted by atomic mass is 16.7. The van der Waals surface area contributed by atoms with Crippen LogP contribution in [0.2, 0.25) is 0 Å². The molecule has 7 aliphatic heterocycles. The lowest BCUT2D eigenvalue weighted by Gasteiger charge is -2.74. The van der Waals surface area contributed by atoms with Gasteiger partial charge < -0.3 is 43.6 Å². The van der Waals surface area contributed by atoms with E-state index in [0.717, 1.165) is 90.3 Å². The zero-order valence-corrected chi connectivity index (χ0v) is 54.4. The summed E-state index contributed by atoms with van der Waals surface area (Å²) >= 11 is 0. The highest BCUT2D eigenvalue weighted by molar-refractivity contribution is 5.95. The van der Waals surface area contributed by atoms with Gasteiger partial charge in [-0.3, -0.25) is 14.9 Å². The fourth-order valence-corrected chi connectivity index (χ4v) is 31.0. The number of Topliss-reactive ketones (excluding diaryl/α,β-unsaturated/α-hetero) is 1. The Bertz CT molecular complexity index is 3910. The SMILES string of the molecule is CC12CC3CC45CCCC4CC4=CC6C78C=CC9CCCC9C7CC=C7C=CC(CC78)C67OC46C5C(=O)OCC64C7C(=O)C(O)C5(C6CC(Cc7ccccc7)CCC6C#CCC1(c1ccoc1CC(C(O)CO)C1CCC6C(C=CN7CNCC67)C1)OC(=O)C1OC152)C34. The summed E-state index contributed by atoms with van der Waals surface area (Å²) in [4.78, 5) is 53.5. The van der Waals surface area contributed by atoms with Gasteiger partial charge in [-0.1, -0.05) is 104 Å². The van der Waals surface area contributed by atoms with Gasteiger partial charge in [0.25, 0.3) is 0 Å². The van der Waals surface area contributed by atoms with Crippen molar-refractivity contribution in [2.75, 3.05) is 26.4 Å². The normalized spacial score (nSPS) is 54.6. The van der Waals surface area contributed by atoms with Crippen LogP contribution in [0.3, 0.4) is 0 Å². The molecule has 14 fully saturated rings. The fraction of sp³-hybridized carbons (Fsp3) is 0.691. The van der Waals surface area contributed by atoms with E-state index in [1.165, 1.54) is 36.0 Å². The van der Waals surface area contributed by atoms with Gasteiger partial charge in [-0.05, 0) is 214 Å². The van der Waals surface area contributed by atoms with E-state index in [4.69, 9.17) is 23.4 Å². The molecule has 11 bridgehead atoms. The molecule has 22 rings (SSSR count). The summed E-state index contributed by atoms with van der Waals surface area (Å²) in [5, 5.41) is 42.3. The standard InChI is InChI=1S/C81H92N2O11/c1-73-37-50-38-74-25-7-12-51(74)33-53-35-64-75-27-22-45-10-5-13-54(45)57(75)21-18-47-16-19-52(34-59(47)75)79(64)67-65(86)69(87)78(66(50)76(67)41-91-71(88)68(74)80(53,76)94-79)60-31-44(30-43-8-3-2-4-9-43)14-15-46(60)11-6-26-77(73,93-72(89)70-81(73,78)92-70)58-24-29-90-63(58)36-56(62(85)40-84)48-17-20-55-49(32-48)23-28-83-42-82-39-61(55)83/h2-4,8-9,16,18-19,22-24,27-29,35,44-46,48-52,54-57,59-62,64,66-70,82,84-85,87H,5,7,10,12-15,17,20-21,25-26,30-34,36-42H2,1H3. The molecule has 94 heavy (non-hydrogen) atoms. The summed E-state index contributed by atoms with van der Waals surface area (Å²) in [7, 11) is 0. The largest absolute Gasteiger partial charge is 0.469 e. The number of rotatable bonds is 8.